The van der Waals surface area contributed by atoms with Crippen molar-refractivity contribution in [2.45, 2.75) is 0 Å². The van der Waals surface area contributed by atoms with E-state index in [4.69, 9.17) is 5.21 Å². The average molecular weight is 245 g/mol. The van der Waals surface area contributed by atoms with Gasteiger partial charge in [-0.05, 0) is 11.6 Å². The van der Waals surface area contributed by atoms with E-state index in [0.29, 0.717) is 0 Å². The van der Waals surface area contributed by atoms with Crippen LogP contribution in [0.1, 0.15) is 5.56 Å². The largest absolute Gasteiger partial charge is 0.411 e. The van der Waals surface area contributed by atoms with Crippen LogP contribution in [-0.2, 0) is 0 Å². The summed E-state index contributed by atoms with van der Waals surface area (Å²) in [7, 11) is 0. The van der Waals surface area contributed by atoms with Gasteiger partial charge in [0.05, 0.1) is 6.21 Å². The molecular formula is C10H7N5OS. The third-order valence-electron chi connectivity index (χ3n) is 2.23. The molecule has 0 spiro atoms. The Kier molecular flexibility index (Phi) is 2.30. The molecule has 6 nitrogen and oxygen atoms in total. The Bertz CT molecular complexity index is 658. The van der Waals surface area contributed by atoms with Crippen molar-refractivity contribution in [1.82, 2.24) is 19.8 Å². The zero-order valence-corrected chi connectivity index (χ0v) is 9.37. The van der Waals surface area contributed by atoms with Crippen molar-refractivity contribution in [2.75, 3.05) is 0 Å². The van der Waals surface area contributed by atoms with Crippen molar-refractivity contribution in [2.24, 2.45) is 5.16 Å². The number of hydrogen-bond acceptors (Lipinski definition) is 6. The number of rotatable bonds is 2. The van der Waals surface area contributed by atoms with Gasteiger partial charge >= 0.3 is 0 Å². The first-order chi connectivity index (χ1) is 8.36. The van der Waals surface area contributed by atoms with Crippen LogP contribution in [0.4, 0.5) is 0 Å². The van der Waals surface area contributed by atoms with Crippen molar-refractivity contribution in [3.8, 4) is 10.6 Å². The Morgan fingerprint density at radius 3 is 3.18 bits per heavy atom. The summed E-state index contributed by atoms with van der Waals surface area (Å²) >= 11 is 1.46. The van der Waals surface area contributed by atoms with Gasteiger partial charge in [-0.3, -0.25) is 0 Å². The van der Waals surface area contributed by atoms with E-state index in [-0.39, 0.29) is 0 Å². The lowest BCUT2D eigenvalue weighted by atomic mass is 10.1. The van der Waals surface area contributed by atoms with E-state index < -0.39 is 0 Å². The monoisotopic (exact) mass is 245 g/mol. The SMILES string of the molecule is O/N=C/c1cccc(-c2nn3cnnc3s2)c1. The van der Waals surface area contributed by atoms with E-state index in [2.05, 4.69) is 20.5 Å². The van der Waals surface area contributed by atoms with Crippen LogP contribution in [0.25, 0.3) is 15.5 Å². The topological polar surface area (TPSA) is 75.7 Å². The number of hydrogen-bond donors (Lipinski definition) is 1. The first kappa shape index (κ1) is 9.91. The summed E-state index contributed by atoms with van der Waals surface area (Å²) in [5.74, 6) is 0. The Hall–Kier alpha value is -2.28. The van der Waals surface area contributed by atoms with Crippen molar-refractivity contribution >= 4 is 22.5 Å². The summed E-state index contributed by atoms with van der Waals surface area (Å²) in [5, 5.41) is 24.4. The van der Waals surface area contributed by atoms with Crippen LogP contribution < -0.4 is 0 Å². The molecule has 3 aromatic rings. The lowest BCUT2D eigenvalue weighted by molar-refractivity contribution is 0.322. The molecule has 0 aliphatic carbocycles. The Morgan fingerprint density at radius 1 is 1.41 bits per heavy atom. The molecular weight excluding hydrogens is 238 g/mol. The molecule has 0 unspecified atom stereocenters. The lowest BCUT2D eigenvalue weighted by Crippen LogP contribution is -1.85. The van der Waals surface area contributed by atoms with Crippen molar-refractivity contribution in [1.29, 1.82) is 0 Å². The van der Waals surface area contributed by atoms with Gasteiger partial charge in [0.1, 0.15) is 11.3 Å². The van der Waals surface area contributed by atoms with Gasteiger partial charge in [-0.2, -0.15) is 9.61 Å². The van der Waals surface area contributed by atoms with Crippen LogP contribution in [0, 0.1) is 0 Å². The number of fused-ring (bicyclic) bond motifs is 1. The van der Waals surface area contributed by atoms with Crippen molar-refractivity contribution in [3.63, 3.8) is 0 Å². The van der Waals surface area contributed by atoms with E-state index >= 15 is 0 Å². The van der Waals surface area contributed by atoms with Crippen LogP contribution >= 0.6 is 11.3 Å². The second-order valence-electron chi connectivity index (χ2n) is 3.34. The fourth-order valence-corrected chi connectivity index (χ4v) is 2.31. The van der Waals surface area contributed by atoms with Gasteiger partial charge in [-0.25, -0.2) is 0 Å². The van der Waals surface area contributed by atoms with Crippen LogP contribution in [0.3, 0.4) is 0 Å². The maximum Gasteiger partial charge on any atom is 0.234 e. The Morgan fingerprint density at radius 2 is 2.35 bits per heavy atom. The minimum Gasteiger partial charge on any atom is -0.411 e. The van der Waals surface area contributed by atoms with E-state index in [9.17, 15) is 0 Å². The van der Waals surface area contributed by atoms with Crippen LogP contribution in [0.15, 0.2) is 35.7 Å². The first-order valence-electron chi connectivity index (χ1n) is 4.81. The maximum atomic E-state index is 8.50. The Labute approximate surface area is 99.9 Å². The second-order valence-corrected chi connectivity index (χ2v) is 4.29. The average Bonchev–Trinajstić information content (AvgIpc) is 2.89. The van der Waals surface area contributed by atoms with E-state index in [0.717, 1.165) is 21.1 Å². The van der Waals surface area contributed by atoms with Gasteiger partial charge in [0, 0.05) is 5.56 Å². The van der Waals surface area contributed by atoms with Gasteiger partial charge in [-0.15, -0.1) is 10.2 Å². The molecule has 1 aromatic carbocycles. The minimum absolute atomic E-state index is 0.751. The minimum atomic E-state index is 0.751. The van der Waals surface area contributed by atoms with Gasteiger partial charge in [0.2, 0.25) is 4.96 Å². The first-order valence-corrected chi connectivity index (χ1v) is 5.63. The van der Waals surface area contributed by atoms with Crippen molar-refractivity contribution < 1.29 is 5.21 Å². The van der Waals surface area contributed by atoms with Gasteiger partial charge in [-0.1, -0.05) is 34.7 Å². The normalized spacial score (nSPS) is 11.5. The fraction of sp³-hybridized carbons (Fsp3) is 0. The second kappa shape index (κ2) is 3.95. The molecule has 0 radical (unpaired) electrons. The lowest BCUT2D eigenvalue weighted by Gasteiger charge is -1.96. The zero-order chi connectivity index (χ0) is 11.7. The summed E-state index contributed by atoms with van der Waals surface area (Å²) in [6.07, 6.45) is 2.94. The molecule has 0 bridgehead atoms. The van der Waals surface area contributed by atoms with Crippen LogP contribution in [0.2, 0.25) is 0 Å². The van der Waals surface area contributed by atoms with Gasteiger partial charge in [0.15, 0.2) is 0 Å². The number of aromatic nitrogens is 4. The smallest absolute Gasteiger partial charge is 0.234 e. The molecule has 0 aliphatic rings. The molecule has 0 fully saturated rings. The van der Waals surface area contributed by atoms with Crippen LogP contribution in [-0.4, -0.2) is 31.2 Å². The zero-order valence-electron chi connectivity index (χ0n) is 8.56. The number of benzene rings is 1. The highest BCUT2D eigenvalue weighted by Crippen LogP contribution is 2.24. The summed E-state index contributed by atoms with van der Waals surface area (Å²) in [4.78, 5) is 0.751. The summed E-state index contributed by atoms with van der Waals surface area (Å²) in [5.41, 5.74) is 1.77. The van der Waals surface area contributed by atoms with E-state index in [1.54, 1.807) is 10.8 Å². The predicted octanol–water partition coefficient (Wildman–Crippen LogP) is 1.66. The standard InChI is InChI=1S/C10H7N5OS/c16-12-5-7-2-1-3-8(4-7)9-14-15-6-11-13-10(15)17-9/h1-6,16H/b12-5+. The van der Waals surface area contributed by atoms with Crippen molar-refractivity contribution in [3.05, 3.63) is 36.2 Å². The van der Waals surface area contributed by atoms with E-state index in [1.807, 2.05) is 24.3 Å². The highest BCUT2D eigenvalue weighted by molar-refractivity contribution is 7.19. The molecule has 0 amide bonds. The molecule has 2 aromatic heterocycles. The predicted molar refractivity (Wildman–Crippen MR) is 63.5 cm³/mol. The molecule has 17 heavy (non-hydrogen) atoms. The summed E-state index contributed by atoms with van der Waals surface area (Å²) in [6, 6.07) is 7.57. The summed E-state index contributed by atoms with van der Waals surface area (Å²) < 4.78 is 1.63. The number of nitrogens with zero attached hydrogens (tertiary/aromatic N) is 5. The van der Waals surface area contributed by atoms with Gasteiger partial charge < -0.3 is 5.21 Å². The fourth-order valence-electron chi connectivity index (χ4n) is 1.50. The third-order valence-corrected chi connectivity index (χ3v) is 3.19. The molecule has 0 saturated carbocycles. The van der Waals surface area contributed by atoms with Gasteiger partial charge in [0.25, 0.3) is 0 Å². The molecule has 84 valence electrons. The molecule has 1 N–H and O–H groups in total. The quantitative estimate of drug-likeness (QED) is 0.423. The van der Waals surface area contributed by atoms with E-state index in [1.165, 1.54) is 17.6 Å². The molecule has 0 atom stereocenters. The Balaban J connectivity index is 2.08. The summed E-state index contributed by atoms with van der Waals surface area (Å²) in [6.45, 7) is 0. The third kappa shape index (κ3) is 1.76. The maximum absolute atomic E-state index is 8.50. The highest BCUT2D eigenvalue weighted by atomic mass is 32.1. The highest BCUT2D eigenvalue weighted by Gasteiger charge is 2.07. The molecule has 2 heterocycles. The molecule has 3 rings (SSSR count). The molecule has 0 aliphatic heterocycles. The molecule has 7 heteroatoms. The molecule has 0 saturated heterocycles. The number of oxime groups is 1. The van der Waals surface area contributed by atoms with Crippen LogP contribution in [0.5, 0.6) is 0 Å².